The first-order valence-electron chi connectivity index (χ1n) is 9.49. The van der Waals surface area contributed by atoms with E-state index < -0.39 is 0 Å². The predicted molar refractivity (Wildman–Crippen MR) is 100 cm³/mol. The van der Waals surface area contributed by atoms with E-state index in [4.69, 9.17) is 4.74 Å². The molecule has 0 atom stereocenters. The Kier molecular flexibility index (Phi) is 5.20. The second-order valence-electron chi connectivity index (χ2n) is 7.29. The molecule has 1 aromatic heterocycles. The van der Waals surface area contributed by atoms with Gasteiger partial charge >= 0.3 is 0 Å². The van der Waals surface area contributed by atoms with E-state index in [-0.39, 0.29) is 23.8 Å². The fourth-order valence-corrected chi connectivity index (χ4v) is 3.65. The number of hydrogen-bond acceptors (Lipinski definition) is 4. The Morgan fingerprint density at radius 1 is 1.11 bits per heavy atom. The van der Waals surface area contributed by atoms with Crippen molar-refractivity contribution >= 4 is 17.6 Å². The molecule has 2 aliphatic rings. The minimum absolute atomic E-state index is 0.000169. The molecule has 2 aromatic rings. The molecule has 3 N–H and O–H groups in total. The molecular formula is C20H24N4O3. The maximum absolute atomic E-state index is 12.3. The second kappa shape index (κ2) is 7.92. The van der Waals surface area contributed by atoms with Crippen molar-refractivity contribution < 1.29 is 14.3 Å². The zero-order valence-corrected chi connectivity index (χ0v) is 15.1. The van der Waals surface area contributed by atoms with Crippen molar-refractivity contribution in [2.24, 2.45) is 5.92 Å². The Balaban J connectivity index is 1.25. The predicted octanol–water partition coefficient (Wildman–Crippen LogP) is 2.45. The lowest BCUT2D eigenvalue weighted by atomic mass is 9.78. The lowest BCUT2D eigenvalue weighted by Gasteiger charge is -2.35. The average Bonchev–Trinajstić information content (AvgIpc) is 3.13. The number of carbonyl (C=O) groups excluding carboxylic acids is 2. The van der Waals surface area contributed by atoms with Crippen LogP contribution in [0.5, 0.6) is 0 Å². The zero-order chi connectivity index (χ0) is 18.6. The normalized spacial score (nSPS) is 22.7. The highest BCUT2D eigenvalue weighted by molar-refractivity contribution is 5.94. The van der Waals surface area contributed by atoms with E-state index in [0.717, 1.165) is 31.4 Å². The molecule has 7 heteroatoms. The van der Waals surface area contributed by atoms with Gasteiger partial charge in [-0.1, -0.05) is 18.2 Å². The second-order valence-corrected chi connectivity index (χ2v) is 7.29. The number of rotatable bonds is 5. The van der Waals surface area contributed by atoms with Gasteiger partial charge in [-0.2, -0.15) is 5.10 Å². The highest BCUT2D eigenvalue weighted by Crippen LogP contribution is 2.36. The van der Waals surface area contributed by atoms with Gasteiger partial charge in [-0.15, -0.1) is 0 Å². The van der Waals surface area contributed by atoms with Gasteiger partial charge in [0.1, 0.15) is 0 Å². The van der Waals surface area contributed by atoms with Gasteiger partial charge in [0.05, 0.1) is 0 Å². The van der Waals surface area contributed by atoms with Gasteiger partial charge in [-0.25, -0.2) is 0 Å². The molecule has 1 aromatic carbocycles. The molecule has 2 amide bonds. The number of nitrogens with one attached hydrogen (secondary N) is 3. The molecule has 4 rings (SSSR count). The average molecular weight is 368 g/mol. The first kappa shape index (κ1) is 17.7. The summed E-state index contributed by atoms with van der Waals surface area (Å²) in [5.74, 6) is 0.872. The molecule has 142 valence electrons. The van der Waals surface area contributed by atoms with E-state index >= 15 is 0 Å². The van der Waals surface area contributed by atoms with Crippen LogP contribution in [0.25, 0.3) is 0 Å². The van der Waals surface area contributed by atoms with Gasteiger partial charge < -0.3 is 15.4 Å². The third kappa shape index (κ3) is 4.19. The van der Waals surface area contributed by atoms with Crippen LogP contribution in [0, 0.1) is 5.92 Å². The first-order valence-corrected chi connectivity index (χ1v) is 9.49. The maximum atomic E-state index is 12.3. The molecule has 27 heavy (non-hydrogen) atoms. The van der Waals surface area contributed by atoms with Crippen LogP contribution in [0.3, 0.4) is 0 Å². The summed E-state index contributed by atoms with van der Waals surface area (Å²) in [6.07, 6.45) is 3.26. The molecule has 1 aliphatic heterocycles. The molecule has 1 saturated heterocycles. The van der Waals surface area contributed by atoms with Gasteiger partial charge in [0.15, 0.2) is 5.82 Å². The highest BCUT2D eigenvalue weighted by atomic mass is 16.5. The lowest BCUT2D eigenvalue weighted by molar-refractivity contribution is -0.122. The van der Waals surface area contributed by atoms with Crippen LogP contribution in [0.2, 0.25) is 0 Å². The Morgan fingerprint density at radius 2 is 1.85 bits per heavy atom. The van der Waals surface area contributed by atoms with Crippen LogP contribution in [-0.2, 0) is 9.53 Å². The molecule has 2 fully saturated rings. The van der Waals surface area contributed by atoms with Crippen LogP contribution in [0.4, 0.5) is 5.82 Å². The molecule has 2 heterocycles. The van der Waals surface area contributed by atoms with Gasteiger partial charge in [-0.3, -0.25) is 14.7 Å². The van der Waals surface area contributed by atoms with Gasteiger partial charge in [0.2, 0.25) is 5.91 Å². The lowest BCUT2D eigenvalue weighted by Crippen LogP contribution is -2.43. The number of aromatic amines is 1. The fraction of sp³-hybridized carbons (Fsp3) is 0.450. The quantitative estimate of drug-likeness (QED) is 0.755. The monoisotopic (exact) mass is 368 g/mol. The summed E-state index contributed by atoms with van der Waals surface area (Å²) in [7, 11) is 0. The topological polar surface area (TPSA) is 96.1 Å². The van der Waals surface area contributed by atoms with Crippen LogP contribution in [-0.4, -0.2) is 41.3 Å². The Labute approximate surface area is 157 Å². The minimum Gasteiger partial charge on any atom is -0.381 e. The number of hydrogen-bond donors (Lipinski definition) is 3. The standard InChI is InChI=1S/C20H24N4O3/c25-19(13-4-2-1-3-5-13)21-16-10-15(11-16)17-12-18(24-23-17)22-20(26)14-6-8-27-9-7-14/h1-5,12,14-16H,6-11H2,(H,21,25)(H2,22,23,24,26). The molecule has 0 radical (unpaired) electrons. The van der Waals surface area contributed by atoms with E-state index in [1.807, 2.05) is 36.4 Å². The van der Waals surface area contributed by atoms with Gasteiger partial charge in [0.25, 0.3) is 5.91 Å². The summed E-state index contributed by atoms with van der Waals surface area (Å²) in [6, 6.07) is 11.3. The van der Waals surface area contributed by atoms with E-state index in [9.17, 15) is 9.59 Å². The van der Waals surface area contributed by atoms with E-state index in [1.165, 1.54) is 0 Å². The van der Waals surface area contributed by atoms with E-state index in [1.54, 1.807) is 0 Å². The van der Waals surface area contributed by atoms with Crippen LogP contribution in [0.15, 0.2) is 36.4 Å². The van der Waals surface area contributed by atoms with Crippen molar-refractivity contribution in [3.8, 4) is 0 Å². The SMILES string of the molecule is O=C(NC1CC(c2cc(NC(=O)C3CCOCC3)n[nH]2)C1)c1ccccc1. The van der Waals surface area contributed by atoms with Crippen molar-refractivity contribution in [2.75, 3.05) is 18.5 Å². The number of aromatic nitrogens is 2. The fourth-order valence-electron chi connectivity index (χ4n) is 3.65. The molecule has 0 bridgehead atoms. The number of nitrogens with zero attached hydrogens (tertiary/aromatic N) is 1. The van der Waals surface area contributed by atoms with Crippen LogP contribution in [0.1, 0.15) is 47.7 Å². The molecular weight excluding hydrogens is 344 g/mol. The van der Waals surface area contributed by atoms with Crippen molar-refractivity contribution in [1.82, 2.24) is 15.5 Å². The van der Waals surface area contributed by atoms with E-state index in [2.05, 4.69) is 20.8 Å². The van der Waals surface area contributed by atoms with Crippen molar-refractivity contribution in [2.45, 2.75) is 37.6 Å². The third-order valence-electron chi connectivity index (χ3n) is 5.39. The highest BCUT2D eigenvalue weighted by Gasteiger charge is 2.33. The number of H-pyrrole nitrogens is 1. The molecule has 1 aliphatic carbocycles. The number of ether oxygens (including phenoxy) is 1. The van der Waals surface area contributed by atoms with Gasteiger partial charge in [0, 0.05) is 48.4 Å². The molecule has 0 spiro atoms. The number of benzene rings is 1. The summed E-state index contributed by atoms with van der Waals surface area (Å²) >= 11 is 0. The summed E-state index contributed by atoms with van der Waals surface area (Å²) < 4.78 is 5.29. The summed E-state index contributed by atoms with van der Waals surface area (Å²) in [4.78, 5) is 24.4. The maximum Gasteiger partial charge on any atom is 0.251 e. The Hall–Kier alpha value is -2.67. The Bertz CT molecular complexity index is 793. The van der Waals surface area contributed by atoms with Crippen molar-refractivity contribution in [1.29, 1.82) is 0 Å². The summed E-state index contributed by atoms with van der Waals surface area (Å²) in [5.41, 5.74) is 1.68. The third-order valence-corrected chi connectivity index (χ3v) is 5.39. The number of anilines is 1. The van der Waals surface area contributed by atoms with E-state index in [0.29, 0.717) is 30.5 Å². The number of carbonyl (C=O) groups is 2. The van der Waals surface area contributed by atoms with Crippen molar-refractivity contribution in [3.05, 3.63) is 47.7 Å². The number of amides is 2. The Morgan fingerprint density at radius 3 is 2.59 bits per heavy atom. The largest absolute Gasteiger partial charge is 0.381 e. The molecule has 1 saturated carbocycles. The smallest absolute Gasteiger partial charge is 0.251 e. The van der Waals surface area contributed by atoms with Crippen molar-refractivity contribution in [3.63, 3.8) is 0 Å². The zero-order valence-electron chi connectivity index (χ0n) is 15.1. The first-order chi connectivity index (χ1) is 13.2. The molecule has 7 nitrogen and oxygen atoms in total. The van der Waals surface area contributed by atoms with Gasteiger partial charge in [-0.05, 0) is 37.8 Å². The summed E-state index contributed by atoms with van der Waals surface area (Å²) in [5, 5.41) is 13.2. The summed E-state index contributed by atoms with van der Waals surface area (Å²) in [6.45, 7) is 1.28. The minimum atomic E-state index is -0.0342. The van der Waals surface area contributed by atoms with Crippen LogP contribution < -0.4 is 10.6 Å². The van der Waals surface area contributed by atoms with Crippen LogP contribution >= 0.6 is 0 Å². The molecule has 0 unspecified atom stereocenters.